The first-order valence-corrected chi connectivity index (χ1v) is 7.81. The number of benzene rings is 1. The minimum Gasteiger partial charge on any atom is -0.366 e. The highest BCUT2D eigenvalue weighted by Crippen LogP contribution is 2.34. The molecule has 0 amide bonds. The zero-order valence-electron chi connectivity index (χ0n) is 14.0. The van der Waals surface area contributed by atoms with Gasteiger partial charge in [0.1, 0.15) is 0 Å². The van der Waals surface area contributed by atoms with Crippen molar-refractivity contribution in [2.45, 2.75) is 72.0 Å². The van der Waals surface area contributed by atoms with Crippen molar-refractivity contribution >= 4 is 5.69 Å². The molecule has 20 heavy (non-hydrogen) atoms. The quantitative estimate of drug-likeness (QED) is 0.886. The smallest absolute Gasteiger partial charge is 0.0373 e. The Hall–Kier alpha value is -1.02. The summed E-state index contributed by atoms with van der Waals surface area (Å²) in [7, 11) is 0. The number of aryl methyl sites for hydroxylation is 1. The maximum Gasteiger partial charge on any atom is 0.0373 e. The fourth-order valence-corrected chi connectivity index (χ4v) is 2.99. The van der Waals surface area contributed by atoms with E-state index in [1.54, 1.807) is 0 Å². The summed E-state index contributed by atoms with van der Waals surface area (Å²) in [5.41, 5.74) is 4.65. The summed E-state index contributed by atoms with van der Waals surface area (Å²) >= 11 is 0. The molecule has 0 saturated carbocycles. The molecule has 2 nitrogen and oxygen atoms in total. The molecule has 1 saturated heterocycles. The van der Waals surface area contributed by atoms with E-state index in [4.69, 9.17) is 0 Å². The first-order valence-electron chi connectivity index (χ1n) is 7.81. The van der Waals surface area contributed by atoms with E-state index in [2.05, 4.69) is 70.0 Å². The summed E-state index contributed by atoms with van der Waals surface area (Å²) in [5, 5.41) is 3.57. The Balaban J connectivity index is 2.14. The van der Waals surface area contributed by atoms with Gasteiger partial charge < -0.3 is 10.2 Å². The van der Waals surface area contributed by atoms with Gasteiger partial charge in [-0.2, -0.15) is 0 Å². The molecule has 1 heterocycles. The van der Waals surface area contributed by atoms with E-state index in [-0.39, 0.29) is 5.54 Å². The predicted molar refractivity (Wildman–Crippen MR) is 88.4 cm³/mol. The topological polar surface area (TPSA) is 15.3 Å². The fraction of sp³-hybridized carbons (Fsp3) is 0.667. The van der Waals surface area contributed by atoms with E-state index in [1.807, 2.05) is 0 Å². The highest BCUT2D eigenvalue weighted by Gasteiger charge is 2.31. The van der Waals surface area contributed by atoms with Crippen LogP contribution in [0.4, 0.5) is 5.69 Å². The average Bonchev–Trinajstić information content (AvgIpc) is 2.66. The van der Waals surface area contributed by atoms with Crippen LogP contribution in [-0.4, -0.2) is 17.6 Å². The van der Waals surface area contributed by atoms with Crippen molar-refractivity contribution in [1.82, 2.24) is 5.32 Å². The van der Waals surface area contributed by atoms with Crippen LogP contribution in [-0.2, 0) is 6.54 Å². The van der Waals surface area contributed by atoms with Crippen LogP contribution >= 0.6 is 0 Å². The summed E-state index contributed by atoms with van der Waals surface area (Å²) in [6, 6.07) is 6.93. The van der Waals surface area contributed by atoms with Gasteiger partial charge >= 0.3 is 0 Å². The molecule has 1 fully saturated rings. The van der Waals surface area contributed by atoms with Crippen LogP contribution in [0.2, 0.25) is 0 Å². The monoisotopic (exact) mass is 274 g/mol. The standard InChI is InChI=1S/C18H30N2/c1-14-12-16(20-11-7-10-18(20,5)6)9-8-15(14)13-19-17(2,3)4/h8-9,12,19H,7,10-11,13H2,1-6H3. The van der Waals surface area contributed by atoms with Crippen LogP contribution in [0.15, 0.2) is 18.2 Å². The Bertz CT molecular complexity index is 469. The zero-order valence-corrected chi connectivity index (χ0v) is 14.0. The number of anilines is 1. The Morgan fingerprint density at radius 2 is 1.95 bits per heavy atom. The molecular weight excluding hydrogens is 244 g/mol. The van der Waals surface area contributed by atoms with Gasteiger partial charge in [0.25, 0.3) is 0 Å². The number of nitrogens with one attached hydrogen (secondary N) is 1. The van der Waals surface area contributed by atoms with Crippen LogP contribution in [0, 0.1) is 6.92 Å². The molecule has 0 aliphatic carbocycles. The van der Waals surface area contributed by atoms with E-state index >= 15 is 0 Å². The predicted octanol–water partition coefficient (Wildman–Crippen LogP) is 4.26. The first-order chi connectivity index (χ1) is 9.19. The lowest BCUT2D eigenvalue weighted by molar-refractivity contribution is 0.424. The largest absolute Gasteiger partial charge is 0.366 e. The molecule has 0 spiro atoms. The second-order valence-electron chi connectivity index (χ2n) is 7.78. The zero-order chi connectivity index (χ0) is 15.0. The van der Waals surface area contributed by atoms with Crippen LogP contribution in [0.3, 0.4) is 0 Å². The van der Waals surface area contributed by atoms with Gasteiger partial charge in [0.2, 0.25) is 0 Å². The third kappa shape index (κ3) is 3.54. The molecule has 112 valence electrons. The molecule has 0 atom stereocenters. The Labute approximate surface area is 124 Å². The molecule has 1 N–H and O–H groups in total. The molecule has 1 aliphatic heterocycles. The van der Waals surface area contributed by atoms with Gasteiger partial charge in [-0.15, -0.1) is 0 Å². The lowest BCUT2D eigenvalue weighted by Gasteiger charge is -2.34. The van der Waals surface area contributed by atoms with Crippen molar-refractivity contribution in [2.75, 3.05) is 11.4 Å². The maximum atomic E-state index is 3.57. The molecule has 2 rings (SSSR count). The highest BCUT2D eigenvalue weighted by atomic mass is 15.2. The SMILES string of the molecule is Cc1cc(N2CCCC2(C)C)ccc1CNC(C)(C)C. The van der Waals surface area contributed by atoms with Crippen molar-refractivity contribution < 1.29 is 0 Å². The second-order valence-corrected chi connectivity index (χ2v) is 7.78. The van der Waals surface area contributed by atoms with Gasteiger partial charge in [-0.1, -0.05) is 6.07 Å². The average molecular weight is 274 g/mol. The summed E-state index contributed by atoms with van der Waals surface area (Å²) in [4.78, 5) is 2.56. The molecule has 1 aromatic rings. The van der Waals surface area contributed by atoms with Gasteiger partial charge in [-0.25, -0.2) is 0 Å². The number of rotatable bonds is 3. The highest BCUT2D eigenvalue weighted by molar-refractivity contribution is 5.53. The van der Waals surface area contributed by atoms with Crippen molar-refractivity contribution in [3.63, 3.8) is 0 Å². The van der Waals surface area contributed by atoms with E-state index < -0.39 is 0 Å². The van der Waals surface area contributed by atoms with Crippen molar-refractivity contribution in [1.29, 1.82) is 0 Å². The molecule has 0 bridgehead atoms. The molecule has 0 unspecified atom stereocenters. The van der Waals surface area contributed by atoms with E-state index in [0.29, 0.717) is 5.54 Å². The molecular formula is C18H30N2. The van der Waals surface area contributed by atoms with Crippen LogP contribution in [0.5, 0.6) is 0 Å². The van der Waals surface area contributed by atoms with Crippen molar-refractivity contribution in [3.05, 3.63) is 29.3 Å². The van der Waals surface area contributed by atoms with E-state index in [0.717, 1.165) is 6.54 Å². The summed E-state index contributed by atoms with van der Waals surface area (Å²) in [6.07, 6.45) is 2.60. The minimum absolute atomic E-state index is 0.169. The van der Waals surface area contributed by atoms with Crippen LogP contribution in [0.25, 0.3) is 0 Å². The van der Waals surface area contributed by atoms with E-state index in [9.17, 15) is 0 Å². The Kier molecular flexibility index (Phi) is 4.15. The number of hydrogen-bond acceptors (Lipinski definition) is 2. The molecule has 0 aromatic heterocycles. The lowest BCUT2D eigenvalue weighted by Crippen LogP contribution is -2.38. The maximum absolute atomic E-state index is 3.57. The Morgan fingerprint density at radius 3 is 2.45 bits per heavy atom. The van der Waals surface area contributed by atoms with Crippen LogP contribution < -0.4 is 10.2 Å². The van der Waals surface area contributed by atoms with Gasteiger partial charge in [0.15, 0.2) is 0 Å². The lowest BCUT2D eigenvalue weighted by atomic mass is 10.00. The van der Waals surface area contributed by atoms with E-state index in [1.165, 1.54) is 36.2 Å². The summed E-state index contributed by atoms with van der Waals surface area (Å²) < 4.78 is 0. The second kappa shape index (κ2) is 5.40. The third-order valence-electron chi connectivity index (χ3n) is 4.35. The minimum atomic E-state index is 0.169. The molecule has 2 heteroatoms. The molecule has 1 aromatic carbocycles. The van der Waals surface area contributed by atoms with Crippen LogP contribution in [0.1, 0.15) is 58.6 Å². The number of nitrogens with zero attached hydrogens (tertiary/aromatic N) is 1. The van der Waals surface area contributed by atoms with Gasteiger partial charge in [0.05, 0.1) is 0 Å². The van der Waals surface area contributed by atoms with Crippen molar-refractivity contribution in [2.24, 2.45) is 0 Å². The first kappa shape index (κ1) is 15.4. The summed E-state index contributed by atoms with van der Waals surface area (Å²) in [5.74, 6) is 0. The van der Waals surface area contributed by atoms with Gasteiger partial charge in [0, 0.05) is 29.9 Å². The number of hydrogen-bond donors (Lipinski definition) is 1. The van der Waals surface area contributed by atoms with Gasteiger partial charge in [-0.05, 0) is 77.6 Å². The third-order valence-corrected chi connectivity index (χ3v) is 4.35. The molecule has 1 aliphatic rings. The fourth-order valence-electron chi connectivity index (χ4n) is 2.99. The van der Waals surface area contributed by atoms with Crippen molar-refractivity contribution in [3.8, 4) is 0 Å². The normalized spacial score (nSPS) is 18.6. The molecule has 0 radical (unpaired) electrons. The summed E-state index contributed by atoms with van der Waals surface area (Å²) in [6.45, 7) is 15.7. The Morgan fingerprint density at radius 1 is 1.25 bits per heavy atom. The van der Waals surface area contributed by atoms with Gasteiger partial charge in [-0.3, -0.25) is 0 Å².